The first-order chi connectivity index (χ1) is 13.7. The molecule has 3 rings (SSSR count). The van der Waals surface area contributed by atoms with Crippen LogP contribution in [0.25, 0.3) is 0 Å². The molecule has 2 N–H and O–H groups in total. The molecule has 2 amide bonds. The van der Waals surface area contributed by atoms with Crippen LogP contribution in [0.4, 0.5) is 14.5 Å². The van der Waals surface area contributed by atoms with Crippen molar-refractivity contribution >= 4 is 17.5 Å². The fourth-order valence-corrected chi connectivity index (χ4v) is 3.43. The molecule has 2 heterocycles. The Morgan fingerprint density at radius 2 is 1.93 bits per heavy atom. The molecule has 160 valence electrons. The normalized spacial score (nSPS) is 18.0. The van der Waals surface area contributed by atoms with Gasteiger partial charge in [0.1, 0.15) is 5.54 Å². The summed E-state index contributed by atoms with van der Waals surface area (Å²) in [4.78, 5) is 31.2. The van der Waals surface area contributed by atoms with Gasteiger partial charge in [0.25, 0.3) is 11.8 Å². The number of nitrogens with one attached hydrogen (secondary N) is 2. The van der Waals surface area contributed by atoms with Crippen molar-refractivity contribution in [2.75, 3.05) is 31.6 Å². The molecule has 0 aromatic carbocycles. The maximum absolute atomic E-state index is 13.4. The van der Waals surface area contributed by atoms with E-state index in [1.165, 1.54) is 11.9 Å². The Morgan fingerprint density at radius 1 is 1.28 bits per heavy atom. The summed E-state index contributed by atoms with van der Waals surface area (Å²) in [5, 5.41) is 5.36. The van der Waals surface area contributed by atoms with Crippen molar-refractivity contribution in [2.24, 2.45) is 5.92 Å². The summed E-state index contributed by atoms with van der Waals surface area (Å²) in [6.07, 6.45) is 2.97. The Kier molecular flexibility index (Phi) is 5.95. The van der Waals surface area contributed by atoms with Gasteiger partial charge >= 0.3 is 0 Å². The van der Waals surface area contributed by atoms with Crippen molar-refractivity contribution in [2.45, 2.75) is 51.0 Å². The van der Waals surface area contributed by atoms with Crippen LogP contribution in [0.15, 0.2) is 12.1 Å². The van der Waals surface area contributed by atoms with E-state index in [1.807, 2.05) is 0 Å². The van der Waals surface area contributed by atoms with Gasteiger partial charge in [-0.15, -0.1) is 0 Å². The van der Waals surface area contributed by atoms with E-state index < -0.39 is 30.5 Å². The second kappa shape index (κ2) is 8.12. The first-order valence-electron chi connectivity index (χ1n) is 10.0. The number of carbonyl (C=O) groups excluding carboxylic acids is 2. The zero-order valence-corrected chi connectivity index (χ0v) is 17.1. The van der Waals surface area contributed by atoms with Crippen molar-refractivity contribution in [3.05, 3.63) is 17.8 Å². The molecular weight excluding hydrogens is 382 g/mol. The predicted molar refractivity (Wildman–Crippen MR) is 104 cm³/mol. The quantitative estimate of drug-likeness (QED) is 0.653. The second-order valence-electron chi connectivity index (χ2n) is 7.81. The van der Waals surface area contributed by atoms with Crippen LogP contribution in [-0.4, -0.2) is 55.0 Å². The Balaban J connectivity index is 1.87. The number of pyridine rings is 1. The van der Waals surface area contributed by atoms with E-state index in [4.69, 9.17) is 4.74 Å². The SMILES string of the molecule is CCC(CC)(NC(=O)c1nc(OCC2CC2)ccc1N1CC(F)(F)C1)C(=O)NC. The van der Waals surface area contributed by atoms with E-state index in [1.54, 1.807) is 26.0 Å². The molecule has 1 aliphatic heterocycles. The van der Waals surface area contributed by atoms with E-state index in [0.717, 1.165) is 12.8 Å². The van der Waals surface area contributed by atoms with Gasteiger partial charge in [-0.1, -0.05) is 13.8 Å². The monoisotopic (exact) mass is 410 g/mol. The first kappa shape index (κ1) is 21.3. The summed E-state index contributed by atoms with van der Waals surface area (Å²) in [6, 6.07) is 3.18. The van der Waals surface area contributed by atoms with Crippen molar-refractivity contribution in [1.29, 1.82) is 0 Å². The van der Waals surface area contributed by atoms with Crippen molar-refractivity contribution < 1.29 is 23.1 Å². The molecule has 1 aliphatic carbocycles. The number of hydrogen-bond donors (Lipinski definition) is 2. The third-order valence-electron chi connectivity index (χ3n) is 5.63. The van der Waals surface area contributed by atoms with Crippen molar-refractivity contribution in [3.8, 4) is 5.88 Å². The lowest BCUT2D eigenvalue weighted by molar-refractivity contribution is -0.127. The molecule has 0 bridgehead atoms. The molecule has 0 atom stereocenters. The maximum atomic E-state index is 13.4. The van der Waals surface area contributed by atoms with Gasteiger partial charge in [0, 0.05) is 13.1 Å². The fraction of sp³-hybridized carbons (Fsp3) is 0.650. The lowest BCUT2D eigenvalue weighted by atomic mass is 9.91. The molecule has 1 aromatic heterocycles. The third kappa shape index (κ3) is 4.59. The van der Waals surface area contributed by atoms with Gasteiger partial charge in [-0.25, -0.2) is 13.8 Å². The van der Waals surface area contributed by atoms with E-state index in [2.05, 4.69) is 15.6 Å². The molecule has 29 heavy (non-hydrogen) atoms. The standard InChI is InChI=1S/C20H28F2N4O3/c1-4-19(5-2,18(28)23-3)25-17(27)16-14(26-11-20(21,22)12-26)8-9-15(24-16)29-10-13-6-7-13/h8-9,13H,4-7,10-12H2,1-3H3,(H,23,28)(H,25,27). The molecule has 0 radical (unpaired) electrons. The summed E-state index contributed by atoms with van der Waals surface area (Å²) >= 11 is 0. The molecule has 0 unspecified atom stereocenters. The number of anilines is 1. The molecule has 0 spiro atoms. The fourth-order valence-electron chi connectivity index (χ4n) is 3.43. The number of alkyl halides is 2. The molecule has 7 nitrogen and oxygen atoms in total. The number of rotatable bonds is 9. The number of halogens is 2. The van der Waals surface area contributed by atoms with Gasteiger partial charge in [0.05, 0.1) is 25.4 Å². The summed E-state index contributed by atoms with van der Waals surface area (Å²) in [7, 11) is 1.51. The molecule has 1 aromatic rings. The maximum Gasteiger partial charge on any atom is 0.282 e. The minimum Gasteiger partial charge on any atom is -0.477 e. The van der Waals surface area contributed by atoms with Gasteiger partial charge in [0.2, 0.25) is 11.8 Å². The Labute approximate surface area is 169 Å². The van der Waals surface area contributed by atoms with Gasteiger partial charge < -0.3 is 20.3 Å². The lowest BCUT2D eigenvalue weighted by Crippen LogP contribution is -2.59. The van der Waals surface area contributed by atoms with Crippen LogP contribution >= 0.6 is 0 Å². The van der Waals surface area contributed by atoms with Crippen LogP contribution in [0.3, 0.4) is 0 Å². The highest BCUT2D eigenvalue weighted by atomic mass is 19.3. The highest BCUT2D eigenvalue weighted by Crippen LogP contribution is 2.35. The van der Waals surface area contributed by atoms with E-state index >= 15 is 0 Å². The average molecular weight is 410 g/mol. The van der Waals surface area contributed by atoms with Gasteiger partial charge in [-0.3, -0.25) is 9.59 Å². The van der Waals surface area contributed by atoms with Gasteiger partial charge in [-0.05, 0) is 37.7 Å². The second-order valence-corrected chi connectivity index (χ2v) is 7.81. The predicted octanol–water partition coefficient (Wildman–Crippen LogP) is 2.36. The summed E-state index contributed by atoms with van der Waals surface area (Å²) in [5.74, 6) is -2.90. The zero-order chi connectivity index (χ0) is 21.2. The van der Waals surface area contributed by atoms with E-state index in [9.17, 15) is 18.4 Å². The topological polar surface area (TPSA) is 83.6 Å². The van der Waals surface area contributed by atoms with Crippen LogP contribution in [0.5, 0.6) is 5.88 Å². The highest BCUT2D eigenvalue weighted by molar-refractivity contribution is 6.01. The minimum atomic E-state index is -2.78. The van der Waals surface area contributed by atoms with Crippen LogP contribution in [0.2, 0.25) is 0 Å². The van der Waals surface area contributed by atoms with E-state index in [-0.39, 0.29) is 17.5 Å². The number of hydrogen-bond acceptors (Lipinski definition) is 5. The lowest BCUT2D eigenvalue weighted by Gasteiger charge is -2.41. The molecule has 2 fully saturated rings. The van der Waals surface area contributed by atoms with Crippen molar-refractivity contribution in [3.63, 3.8) is 0 Å². The van der Waals surface area contributed by atoms with Crippen LogP contribution in [0.1, 0.15) is 50.0 Å². The third-order valence-corrected chi connectivity index (χ3v) is 5.63. The number of carbonyl (C=O) groups is 2. The summed E-state index contributed by atoms with van der Waals surface area (Å²) < 4.78 is 32.5. The number of aromatic nitrogens is 1. The van der Waals surface area contributed by atoms with Crippen LogP contribution in [-0.2, 0) is 4.79 Å². The molecule has 9 heteroatoms. The molecular formula is C20H28F2N4O3. The summed E-state index contributed by atoms with van der Waals surface area (Å²) in [5.41, 5.74) is -0.802. The van der Waals surface area contributed by atoms with E-state index in [0.29, 0.717) is 31.1 Å². The molecule has 1 saturated carbocycles. The number of amides is 2. The average Bonchev–Trinajstić information content (AvgIpc) is 3.52. The molecule has 1 saturated heterocycles. The zero-order valence-electron chi connectivity index (χ0n) is 17.1. The first-order valence-corrected chi connectivity index (χ1v) is 10.0. The van der Waals surface area contributed by atoms with Crippen LogP contribution in [0, 0.1) is 5.92 Å². The largest absolute Gasteiger partial charge is 0.477 e. The van der Waals surface area contributed by atoms with Crippen LogP contribution < -0.4 is 20.3 Å². The number of likely N-dealkylation sites (N-methyl/N-ethyl adjacent to an activating group) is 1. The Morgan fingerprint density at radius 3 is 2.45 bits per heavy atom. The minimum absolute atomic E-state index is 0.0102. The number of ether oxygens (including phenoxy) is 1. The highest BCUT2D eigenvalue weighted by Gasteiger charge is 2.46. The van der Waals surface area contributed by atoms with Crippen molar-refractivity contribution in [1.82, 2.24) is 15.6 Å². The number of nitrogens with zero attached hydrogens (tertiary/aromatic N) is 2. The molecule has 2 aliphatic rings. The Bertz CT molecular complexity index is 771. The van der Waals surface area contributed by atoms with Gasteiger partial charge in [0.15, 0.2) is 5.69 Å². The summed E-state index contributed by atoms with van der Waals surface area (Å²) in [6.45, 7) is 3.18. The smallest absolute Gasteiger partial charge is 0.282 e. The Hall–Kier alpha value is -2.45. The van der Waals surface area contributed by atoms with Gasteiger partial charge in [-0.2, -0.15) is 0 Å².